The van der Waals surface area contributed by atoms with Gasteiger partial charge in [-0.1, -0.05) is 20.3 Å². The summed E-state index contributed by atoms with van der Waals surface area (Å²) < 4.78 is 5.77. The number of carboxylic acids is 1. The fourth-order valence-electron chi connectivity index (χ4n) is 2.41. The summed E-state index contributed by atoms with van der Waals surface area (Å²) in [4.78, 5) is 10.9. The van der Waals surface area contributed by atoms with Crippen molar-refractivity contribution in [3.8, 4) is 0 Å². The maximum atomic E-state index is 10.9. The number of aliphatic carboxylic acids is 1. The molecule has 1 aliphatic heterocycles. The van der Waals surface area contributed by atoms with Crippen LogP contribution in [0.15, 0.2) is 0 Å². The van der Waals surface area contributed by atoms with Gasteiger partial charge in [0.25, 0.3) is 0 Å². The second-order valence-corrected chi connectivity index (χ2v) is 5.13. The first-order valence-corrected chi connectivity index (χ1v) is 6.53. The Morgan fingerprint density at radius 3 is 2.47 bits per heavy atom. The van der Waals surface area contributed by atoms with Crippen LogP contribution in [0, 0.1) is 11.8 Å². The standard InChI is InChI=1S/C13H24O4/c1-4-5-10(14)8(2)11-6-7-12(17-11)9(3)13(15)16/h8-12,14H,4-7H2,1-3H3,(H,15,16)/t8-,9-,10-,11+,12-/m0/s1. The highest BCUT2D eigenvalue weighted by Crippen LogP contribution is 2.31. The quantitative estimate of drug-likeness (QED) is 0.750. The third-order valence-corrected chi connectivity index (χ3v) is 3.81. The van der Waals surface area contributed by atoms with Crippen molar-refractivity contribution >= 4 is 5.97 Å². The molecule has 2 N–H and O–H groups in total. The molecule has 0 saturated carbocycles. The minimum absolute atomic E-state index is 0.00310. The zero-order chi connectivity index (χ0) is 13.0. The molecule has 0 spiro atoms. The van der Waals surface area contributed by atoms with E-state index >= 15 is 0 Å². The number of aliphatic hydroxyl groups excluding tert-OH is 1. The summed E-state index contributed by atoms with van der Waals surface area (Å²) >= 11 is 0. The molecule has 0 aromatic rings. The van der Waals surface area contributed by atoms with Gasteiger partial charge in [-0.05, 0) is 26.2 Å². The molecule has 1 aliphatic rings. The number of hydrogen-bond donors (Lipinski definition) is 2. The number of ether oxygens (including phenoxy) is 1. The van der Waals surface area contributed by atoms with E-state index < -0.39 is 11.9 Å². The van der Waals surface area contributed by atoms with Crippen LogP contribution in [0.25, 0.3) is 0 Å². The van der Waals surface area contributed by atoms with Gasteiger partial charge in [0.15, 0.2) is 0 Å². The molecule has 17 heavy (non-hydrogen) atoms. The summed E-state index contributed by atoms with van der Waals surface area (Å²) in [6.45, 7) is 5.71. The second kappa shape index (κ2) is 6.36. The topological polar surface area (TPSA) is 66.8 Å². The summed E-state index contributed by atoms with van der Waals surface area (Å²) in [5.74, 6) is -1.19. The smallest absolute Gasteiger partial charge is 0.308 e. The molecular formula is C13H24O4. The minimum atomic E-state index is -0.808. The Kier molecular flexibility index (Phi) is 5.40. The van der Waals surface area contributed by atoms with Crippen molar-refractivity contribution in [2.24, 2.45) is 11.8 Å². The lowest BCUT2D eigenvalue weighted by atomic mass is 9.93. The van der Waals surface area contributed by atoms with Crippen LogP contribution in [0.4, 0.5) is 0 Å². The Morgan fingerprint density at radius 2 is 1.94 bits per heavy atom. The molecule has 1 saturated heterocycles. The van der Waals surface area contributed by atoms with Crippen molar-refractivity contribution in [3.05, 3.63) is 0 Å². The molecule has 0 radical (unpaired) electrons. The maximum Gasteiger partial charge on any atom is 0.308 e. The number of carbonyl (C=O) groups is 1. The van der Waals surface area contributed by atoms with E-state index in [0.717, 1.165) is 25.7 Å². The van der Waals surface area contributed by atoms with Crippen molar-refractivity contribution in [1.29, 1.82) is 0 Å². The normalized spacial score (nSPS) is 29.9. The highest BCUT2D eigenvalue weighted by molar-refractivity contribution is 5.70. The zero-order valence-corrected chi connectivity index (χ0v) is 10.9. The molecule has 0 aliphatic carbocycles. The van der Waals surface area contributed by atoms with Crippen molar-refractivity contribution in [2.45, 2.75) is 64.8 Å². The van der Waals surface area contributed by atoms with Crippen LogP contribution < -0.4 is 0 Å². The lowest BCUT2D eigenvalue weighted by Gasteiger charge is -2.25. The van der Waals surface area contributed by atoms with Crippen LogP contribution in [-0.2, 0) is 9.53 Å². The number of carboxylic acid groups (broad SMARTS) is 1. The molecular weight excluding hydrogens is 220 g/mol. The van der Waals surface area contributed by atoms with Gasteiger partial charge in [0.05, 0.1) is 24.2 Å². The molecule has 5 atom stereocenters. The summed E-state index contributed by atoms with van der Waals surface area (Å²) in [5.41, 5.74) is 0. The van der Waals surface area contributed by atoms with E-state index in [4.69, 9.17) is 9.84 Å². The molecule has 1 rings (SSSR count). The van der Waals surface area contributed by atoms with E-state index in [9.17, 15) is 9.90 Å². The predicted molar refractivity (Wildman–Crippen MR) is 64.8 cm³/mol. The molecule has 0 aromatic carbocycles. The third-order valence-electron chi connectivity index (χ3n) is 3.81. The van der Waals surface area contributed by atoms with Gasteiger partial charge in [-0.3, -0.25) is 4.79 Å². The molecule has 0 amide bonds. The van der Waals surface area contributed by atoms with E-state index in [-0.39, 0.29) is 24.2 Å². The molecule has 100 valence electrons. The van der Waals surface area contributed by atoms with E-state index in [1.54, 1.807) is 6.92 Å². The first kappa shape index (κ1) is 14.5. The molecule has 4 heteroatoms. The third kappa shape index (κ3) is 3.68. The largest absolute Gasteiger partial charge is 0.481 e. The summed E-state index contributed by atoms with van der Waals surface area (Å²) in [6, 6.07) is 0. The Morgan fingerprint density at radius 1 is 1.35 bits per heavy atom. The van der Waals surface area contributed by atoms with Crippen molar-refractivity contribution < 1.29 is 19.7 Å². The molecule has 0 aromatic heterocycles. The van der Waals surface area contributed by atoms with Gasteiger partial charge >= 0.3 is 5.97 Å². The Balaban J connectivity index is 2.46. The lowest BCUT2D eigenvalue weighted by molar-refractivity contribution is -0.147. The molecule has 1 fully saturated rings. The molecule has 1 heterocycles. The van der Waals surface area contributed by atoms with E-state index in [1.165, 1.54) is 0 Å². The van der Waals surface area contributed by atoms with Gasteiger partial charge in [-0.25, -0.2) is 0 Å². The SMILES string of the molecule is CCC[C@H](O)[C@H](C)[C@H]1CC[C@@H]([C@H](C)C(=O)O)O1. The van der Waals surface area contributed by atoms with Crippen LogP contribution in [0.1, 0.15) is 46.5 Å². The van der Waals surface area contributed by atoms with Crippen LogP contribution in [0.3, 0.4) is 0 Å². The van der Waals surface area contributed by atoms with Crippen LogP contribution in [0.2, 0.25) is 0 Å². The maximum absolute atomic E-state index is 10.9. The average Bonchev–Trinajstić information content (AvgIpc) is 2.76. The van der Waals surface area contributed by atoms with Crippen molar-refractivity contribution in [2.75, 3.05) is 0 Å². The van der Waals surface area contributed by atoms with E-state index in [2.05, 4.69) is 0 Å². The Bertz CT molecular complexity index is 254. The number of aliphatic hydroxyl groups is 1. The van der Waals surface area contributed by atoms with Gasteiger partial charge < -0.3 is 14.9 Å². The first-order valence-electron chi connectivity index (χ1n) is 6.53. The average molecular weight is 244 g/mol. The predicted octanol–water partition coefficient (Wildman–Crippen LogP) is 2.05. The fraction of sp³-hybridized carbons (Fsp3) is 0.923. The second-order valence-electron chi connectivity index (χ2n) is 5.13. The number of hydrogen-bond acceptors (Lipinski definition) is 3. The van der Waals surface area contributed by atoms with Crippen LogP contribution >= 0.6 is 0 Å². The highest BCUT2D eigenvalue weighted by Gasteiger charge is 2.36. The van der Waals surface area contributed by atoms with Crippen molar-refractivity contribution in [3.63, 3.8) is 0 Å². The van der Waals surface area contributed by atoms with Gasteiger partial charge in [0.1, 0.15) is 0 Å². The van der Waals surface area contributed by atoms with Crippen molar-refractivity contribution in [1.82, 2.24) is 0 Å². The first-order chi connectivity index (χ1) is 7.97. The van der Waals surface area contributed by atoms with Gasteiger partial charge in [0.2, 0.25) is 0 Å². The van der Waals surface area contributed by atoms with Gasteiger partial charge in [-0.15, -0.1) is 0 Å². The highest BCUT2D eigenvalue weighted by atomic mass is 16.5. The fourth-order valence-corrected chi connectivity index (χ4v) is 2.41. The molecule has 4 nitrogen and oxygen atoms in total. The van der Waals surface area contributed by atoms with E-state index in [1.807, 2.05) is 13.8 Å². The monoisotopic (exact) mass is 244 g/mol. The zero-order valence-electron chi connectivity index (χ0n) is 10.9. The Hall–Kier alpha value is -0.610. The van der Waals surface area contributed by atoms with Gasteiger partial charge in [-0.2, -0.15) is 0 Å². The summed E-state index contributed by atoms with van der Waals surface area (Å²) in [5, 5.41) is 18.8. The van der Waals surface area contributed by atoms with Gasteiger partial charge in [0, 0.05) is 5.92 Å². The lowest BCUT2D eigenvalue weighted by Crippen LogP contribution is -2.32. The van der Waals surface area contributed by atoms with Crippen LogP contribution in [0.5, 0.6) is 0 Å². The van der Waals surface area contributed by atoms with Crippen LogP contribution in [-0.4, -0.2) is 34.5 Å². The molecule has 0 unspecified atom stereocenters. The summed E-state index contributed by atoms with van der Waals surface area (Å²) in [7, 11) is 0. The summed E-state index contributed by atoms with van der Waals surface area (Å²) in [6.07, 6.45) is 2.82. The molecule has 0 bridgehead atoms. The Labute approximate surface area is 103 Å². The minimum Gasteiger partial charge on any atom is -0.481 e. The van der Waals surface area contributed by atoms with E-state index in [0.29, 0.717) is 0 Å². The number of rotatable bonds is 6.